The summed E-state index contributed by atoms with van der Waals surface area (Å²) in [6.07, 6.45) is -0.599. The number of ether oxygens (including phenoxy) is 1. The van der Waals surface area contributed by atoms with Crippen LogP contribution in [-0.2, 0) is 9.53 Å². The topological polar surface area (TPSA) is 46.6 Å². The number of hydrogen-bond donors (Lipinski definition) is 0. The average Bonchev–Trinajstić information content (AvgIpc) is 2.65. The van der Waals surface area contributed by atoms with Crippen molar-refractivity contribution in [3.63, 3.8) is 0 Å². The minimum absolute atomic E-state index is 0.194. The van der Waals surface area contributed by atoms with Crippen LogP contribution in [0.25, 0.3) is 0 Å². The summed E-state index contributed by atoms with van der Waals surface area (Å²) in [5, 5.41) is 0. The molecule has 90 valence electrons. The smallest absolute Gasteiger partial charge is 0.417 e. The van der Waals surface area contributed by atoms with E-state index in [4.69, 9.17) is 4.74 Å². The maximum absolute atomic E-state index is 11.7. The molecule has 1 aromatic rings. The number of rotatable bonds is 2. The average molecular weight is 233 g/mol. The van der Waals surface area contributed by atoms with Gasteiger partial charge >= 0.3 is 6.09 Å². The number of carbonyl (C=O) groups excluding carboxylic acids is 2. The molecule has 2 atom stereocenters. The fraction of sp³-hybridized carbons (Fsp3) is 0.385. The molecular weight excluding hydrogens is 218 g/mol. The van der Waals surface area contributed by atoms with E-state index in [1.807, 2.05) is 37.3 Å². The molecule has 1 aliphatic rings. The lowest BCUT2D eigenvalue weighted by Gasteiger charge is -2.18. The third kappa shape index (κ3) is 2.02. The van der Waals surface area contributed by atoms with Gasteiger partial charge in [-0.1, -0.05) is 37.3 Å². The van der Waals surface area contributed by atoms with Gasteiger partial charge in [-0.05, 0) is 12.5 Å². The van der Waals surface area contributed by atoms with Gasteiger partial charge in [0.15, 0.2) is 0 Å². The van der Waals surface area contributed by atoms with Crippen molar-refractivity contribution in [3.05, 3.63) is 35.9 Å². The number of nitrogens with zero attached hydrogens (tertiary/aromatic N) is 1. The fourth-order valence-corrected chi connectivity index (χ4v) is 2.05. The lowest BCUT2D eigenvalue weighted by Crippen LogP contribution is -2.37. The second-order valence-electron chi connectivity index (χ2n) is 4.07. The molecule has 17 heavy (non-hydrogen) atoms. The highest BCUT2D eigenvalue weighted by atomic mass is 16.6. The van der Waals surface area contributed by atoms with Crippen molar-refractivity contribution in [2.45, 2.75) is 32.4 Å². The highest BCUT2D eigenvalue weighted by molar-refractivity contribution is 5.93. The minimum Gasteiger partial charge on any atom is -0.439 e. The third-order valence-corrected chi connectivity index (χ3v) is 2.97. The Labute approximate surface area is 100 Å². The lowest BCUT2D eigenvalue weighted by molar-refractivity contribution is -0.128. The number of amides is 2. The molecule has 2 rings (SSSR count). The first-order valence-corrected chi connectivity index (χ1v) is 5.72. The highest BCUT2D eigenvalue weighted by Crippen LogP contribution is 2.32. The predicted molar refractivity (Wildman–Crippen MR) is 62.3 cm³/mol. The predicted octanol–water partition coefficient (Wildman–Crippen LogP) is 2.51. The largest absolute Gasteiger partial charge is 0.439 e. The standard InChI is InChI=1S/C13H15NO3/c1-3-11(15)14-9(2)12(17-13(14)16)10-7-5-4-6-8-10/h4-9,12H,3H2,1-2H3/t9-,12-/m0/s1. The van der Waals surface area contributed by atoms with Crippen molar-refractivity contribution in [2.24, 2.45) is 0 Å². The molecule has 0 N–H and O–H groups in total. The van der Waals surface area contributed by atoms with Gasteiger partial charge in [0.1, 0.15) is 6.10 Å². The van der Waals surface area contributed by atoms with Gasteiger partial charge in [0.05, 0.1) is 6.04 Å². The van der Waals surface area contributed by atoms with Crippen molar-refractivity contribution < 1.29 is 14.3 Å². The number of imide groups is 1. The maximum Gasteiger partial charge on any atom is 0.417 e. The second kappa shape index (κ2) is 4.57. The van der Waals surface area contributed by atoms with Gasteiger partial charge < -0.3 is 4.74 Å². The van der Waals surface area contributed by atoms with E-state index in [0.29, 0.717) is 6.42 Å². The summed E-state index contributed by atoms with van der Waals surface area (Å²) in [5.74, 6) is -0.194. The third-order valence-electron chi connectivity index (χ3n) is 2.97. The number of cyclic esters (lactones) is 1. The van der Waals surface area contributed by atoms with E-state index in [2.05, 4.69) is 0 Å². The molecule has 1 saturated heterocycles. The van der Waals surface area contributed by atoms with Crippen LogP contribution >= 0.6 is 0 Å². The normalized spacial score (nSPS) is 23.6. The van der Waals surface area contributed by atoms with Crippen LogP contribution in [0.2, 0.25) is 0 Å². The summed E-state index contributed by atoms with van der Waals surface area (Å²) in [7, 11) is 0. The van der Waals surface area contributed by atoms with E-state index in [-0.39, 0.29) is 18.1 Å². The quantitative estimate of drug-likeness (QED) is 0.788. The zero-order valence-electron chi connectivity index (χ0n) is 9.92. The van der Waals surface area contributed by atoms with Crippen LogP contribution in [-0.4, -0.2) is 22.9 Å². The monoisotopic (exact) mass is 233 g/mol. The summed E-state index contributed by atoms with van der Waals surface area (Å²) in [5.41, 5.74) is 0.916. The van der Waals surface area contributed by atoms with Gasteiger partial charge in [-0.3, -0.25) is 4.79 Å². The summed E-state index contributed by atoms with van der Waals surface area (Å²) < 4.78 is 5.26. The Bertz CT molecular complexity index is 430. The Hall–Kier alpha value is -1.84. The Morgan fingerprint density at radius 3 is 2.59 bits per heavy atom. The van der Waals surface area contributed by atoms with E-state index in [0.717, 1.165) is 5.56 Å². The molecule has 0 aliphatic carbocycles. The molecule has 0 saturated carbocycles. The first-order valence-electron chi connectivity index (χ1n) is 5.72. The number of carbonyl (C=O) groups is 2. The first kappa shape index (κ1) is 11.6. The Kier molecular flexibility index (Phi) is 3.13. The van der Waals surface area contributed by atoms with Gasteiger partial charge in [0.25, 0.3) is 0 Å². The SMILES string of the molecule is CCC(=O)N1C(=O)O[C@H](c2ccccc2)[C@@H]1C. The van der Waals surface area contributed by atoms with Crippen LogP contribution in [0.15, 0.2) is 30.3 Å². The summed E-state index contributed by atoms with van der Waals surface area (Å²) in [6, 6.07) is 9.22. The Morgan fingerprint density at radius 2 is 2.00 bits per heavy atom. The molecule has 2 amide bonds. The van der Waals surface area contributed by atoms with E-state index < -0.39 is 6.09 Å². The van der Waals surface area contributed by atoms with Crippen LogP contribution in [0.5, 0.6) is 0 Å². The van der Waals surface area contributed by atoms with Crippen molar-refractivity contribution in [3.8, 4) is 0 Å². The van der Waals surface area contributed by atoms with E-state index >= 15 is 0 Å². The zero-order valence-corrected chi connectivity index (χ0v) is 9.92. The molecule has 1 aromatic carbocycles. The van der Waals surface area contributed by atoms with Crippen molar-refractivity contribution >= 4 is 12.0 Å². The van der Waals surface area contributed by atoms with Crippen LogP contribution in [0.4, 0.5) is 4.79 Å². The van der Waals surface area contributed by atoms with E-state index in [1.54, 1.807) is 6.92 Å². The molecular formula is C13H15NO3. The minimum atomic E-state index is -0.543. The van der Waals surface area contributed by atoms with Gasteiger partial charge in [0, 0.05) is 6.42 Å². The van der Waals surface area contributed by atoms with Crippen molar-refractivity contribution in [2.75, 3.05) is 0 Å². The van der Waals surface area contributed by atoms with Gasteiger partial charge in [-0.2, -0.15) is 0 Å². The van der Waals surface area contributed by atoms with Crippen molar-refractivity contribution in [1.29, 1.82) is 0 Å². The van der Waals surface area contributed by atoms with Crippen molar-refractivity contribution in [1.82, 2.24) is 4.90 Å². The van der Waals surface area contributed by atoms with Gasteiger partial charge in [0.2, 0.25) is 5.91 Å². The van der Waals surface area contributed by atoms with Crippen LogP contribution < -0.4 is 0 Å². The molecule has 0 bridgehead atoms. The summed E-state index contributed by atoms with van der Waals surface area (Å²) in [4.78, 5) is 24.5. The summed E-state index contributed by atoms with van der Waals surface area (Å²) >= 11 is 0. The molecule has 4 nitrogen and oxygen atoms in total. The molecule has 0 unspecified atom stereocenters. The fourth-order valence-electron chi connectivity index (χ4n) is 2.05. The molecule has 0 radical (unpaired) electrons. The molecule has 4 heteroatoms. The first-order chi connectivity index (χ1) is 8.15. The van der Waals surface area contributed by atoms with E-state index in [9.17, 15) is 9.59 Å². The zero-order chi connectivity index (χ0) is 12.4. The molecule has 0 spiro atoms. The molecule has 1 fully saturated rings. The van der Waals surface area contributed by atoms with Crippen LogP contribution in [0, 0.1) is 0 Å². The maximum atomic E-state index is 11.7. The highest BCUT2D eigenvalue weighted by Gasteiger charge is 2.42. The second-order valence-corrected chi connectivity index (χ2v) is 4.07. The Balaban J connectivity index is 2.24. The molecule has 1 aliphatic heterocycles. The van der Waals surface area contributed by atoms with E-state index in [1.165, 1.54) is 4.90 Å². The Morgan fingerprint density at radius 1 is 1.35 bits per heavy atom. The van der Waals surface area contributed by atoms with Gasteiger partial charge in [-0.15, -0.1) is 0 Å². The summed E-state index contributed by atoms with van der Waals surface area (Å²) in [6.45, 7) is 3.56. The van der Waals surface area contributed by atoms with Gasteiger partial charge in [-0.25, -0.2) is 9.69 Å². The molecule has 1 heterocycles. The van der Waals surface area contributed by atoms with Crippen LogP contribution in [0.1, 0.15) is 31.9 Å². The number of benzene rings is 1. The number of hydrogen-bond acceptors (Lipinski definition) is 3. The molecule has 0 aromatic heterocycles. The van der Waals surface area contributed by atoms with Crippen LogP contribution in [0.3, 0.4) is 0 Å². The lowest BCUT2D eigenvalue weighted by atomic mass is 10.0.